The first-order valence-corrected chi connectivity index (χ1v) is 5.82. The highest BCUT2D eigenvalue weighted by Crippen LogP contribution is 2.18. The van der Waals surface area contributed by atoms with Crippen molar-refractivity contribution in [3.63, 3.8) is 0 Å². The van der Waals surface area contributed by atoms with E-state index in [2.05, 4.69) is 9.97 Å². The summed E-state index contributed by atoms with van der Waals surface area (Å²) in [5.74, 6) is -1.90. The second kappa shape index (κ2) is 5.56. The average Bonchev–Trinajstić information content (AvgIpc) is 2.39. The Labute approximate surface area is 110 Å². The van der Waals surface area contributed by atoms with Crippen LogP contribution >= 0.6 is 0 Å². The van der Waals surface area contributed by atoms with Gasteiger partial charge in [0.15, 0.2) is 0 Å². The van der Waals surface area contributed by atoms with E-state index in [0.29, 0.717) is 0 Å². The van der Waals surface area contributed by atoms with Gasteiger partial charge in [-0.2, -0.15) is 0 Å². The van der Waals surface area contributed by atoms with Crippen molar-refractivity contribution in [1.29, 1.82) is 0 Å². The summed E-state index contributed by atoms with van der Waals surface area (Å²) in [6.45, 7) is 1.83. The molecule has 98 valence electrons. The number of nitrogens with zero attached hydrogens (tertiary/aromatic N) is 2. The van der Waals surface area contributed by atoms with Crippen LogP contribution in [0.15, 0.2) is 36.7 Å². The summed E-state index contributed by atoms with van der Waals surface area (Å²) in [6.07, 6.45) is 3.41. The van der Waals surface area contributed by atoms with E-state index in [1.165, 1.54) is 12.1 Å². The third-order valence-corrected chi connectivity index (χ3v) is 2.76. The Bertz CT molecular complexity index is 567. The third kappa shape index (κ3) is 3.34. The molecule has 1 aromatic carbocycles. The summed E-state index contributed by atoms with van der Waals surface area (Å²) < 4.78 is 12.8. The Kier molecular flexibility index (Phi) is 3.85. The molecule has 5 heteroatoms. The number of hydrogen-bond acceptors (Lipinski definition) is 3. The maximum Gasteiger partial charge on any atom is 0.314 e. The molecule has 0 spiro atoms. The predicted molar refractivity (Wildman–Crippen MR) is 67.2 cm³/mol. The van der Waals surface area contributed by atoms with E-state index in [1.54, 1.807) is 24.5 Å². The Morgan fingerprint density at radius 2 is 1.84 bits per heavy atom. The molecule has 0 aliphatic rings. The zero-order chi connectivity index (χ0) is 13.8. The normalized spacial score (nSPS) is 12.1. The number of hydrogen-bond donors (Lipinski definition) is 1. The van der Waals surface area contributed by atoms with Crippen molar-refractivity contribution in [2.45, 2.75) is 19.3 Å². The highest BCUT2D eigenvalue weighted by molar-refractivity contribution is 5.75. The maximum atomic E-state index is 12.8. The molecule has 2 rings (SSSR count). The molecule has 1 aromatic heterocycles. The molecule has 19 heavy (non-hydrogen) atoms. The van der Waals surface area contributed by atoms with Crippen molar-refractivity contribution in [2.24, 2.45) is 0 Å². The van der Waals surface area contributed by atoms with Gasteiger partial charge in [0.05, 0.1) is 0 Å². The lowest BCUT2D eigenvalue weighted by molar-refractivity contribution is -0.139. The number of benzene rings is 1. The first-order chi connectivity index (χ1) is 9.06. The van der Waals surface area contributed by atoms with Gasteiger partial charge in [-0.1, -0.05) is 12.1 Å². The lowest BCUT2D eigenvalue weighted by Crippen LogP contribution is -2.17. The Hall–Kier alpha value is -2.30. The average molecular weight is 260 g/mol. The molecule has 1 N–H and O–H groups in total. The van der Waals surface area contributed by atoms with Crippen molar-refractivity contribution in [1.82, 2.24) is 9.97 Å². The molecule has 1 unspecified atom stereocenters. The summed E-state index contributed by atoms with van der Waals surface area (Å²) in [5.41, 5.74) is 1.60. The summed E-state index contributed by atoms with van der Waals surface area (Å²) in [4.78, 5) is 19.4. The molecule has 0 aliphatic carbocycles. The molecule has 0 saturated carbocycles. The van der Waals surface area contributed by atoms with E-state index in [9.17, 15) is 14.3 Å². The van der Waals surface area contributed by atoms with E-state index in [4.69, 9.17) is 0 Å². The third-order valence-electron chi connectivity index (χ3n) is 2.76. The largest absolute Gasteiger partial charge is 0.481 e. The van der Waals surface area contributed by atoms with Crippen LogP contribution in [0.1, 0.15) is 22.9 Å². The van der Waals surface area contributed by atoms with Crippen LogP contribution in [0, 0.1) is 12.7 Å². The topological polar surface area (TPSA) is 63.1 Å². The van der Waals surface area contributed by atoms with Crippen molar-refractivity contribution in [3.8, 4) is 0 Å². The van der Waals surface area contributed by atoms with Gasteiger partial charge in [-0.25, -0.2) is 14.4 Å². The van der Waals surface area contributed by atoms with Gasteiger partial charge >= 0.3 is 5.97 Å². The Balaban J connectivity index is 2.23. The van der Waals surface area contributed by atoms with E-state index in [1.807, 2.05) is 6.92 Å². The van der Waals surface area contributed by atoms with E-state index < -0.39 is 11.9 Å². The van der Waals surface area contributed by atoms with Gasteiger partial charge in [-0.3, -0.25) is 4.79 Å². The van der Waals surface area contributed by atoms with Gasteiger partial charge in [-0.15, -0.1) is 0 Å². The fourth-order valence-electron chi connectivity index (χ4n) is 1.73. The Morgan fingerprint density at radius 3 is 2.37 bits per heavy atom. The van der Waals surface area contributed by atoms with Crippen LogP contribution in [0.25, 0.3) is 0 Å². The molecule has 2 aromatic rings. The highest BCUT2D eigenvalue weighted by atomic mass is 19.1. The molecular formula is C14H13FN2O2. The lowest BCUT2D eigenvalue weighted by atomic mass is 9.98. The number of halogens is 1. The van der Waals surface area contributed by atoms with Gasteiger partial charge in [0.25, 0.3) is 0 Å². The van der Waals surface area contributed by atoms with Crippen LogP contribution in [0.4, 0.5) is 4.39 Å². The fraction of sp³-hybridized carbons (Fsp3) is 0.214. The number of carboxylic acid groups (broad SMARTS) is 1. The number of aliphatic carboxylic acids is 1. The van der Waals surface area contributed by atoms with Crippen molar-refractivity contribution in [2.75, 3.05) is 0 Å². The van der Waals surface area contributed by atoms with E-state index >= 15 is 0 Å². The van der Waals surface area contributed by atoms with Crippen LogP contribution in [-0.2, 0) is 11.2 Å². The highest BCUT2D eigenvalue weighted by Gasteiger charge is 2.23. The minimum Gasteiger partial charge on any atom is -0.481 e. The van der Waals surface area contributed by atoms with Gasteiger partial charge < -0.3 is 5.11 Å². The van der Waals surface area contributed by atoms with Crippen LogP contribution in [0.2, 0.25) is 0 Å². The van der Waals surface area contributed by atoms with Gasteiger partial charge in [-0.05, 0) is 36.6 Å². The zero-order valence-corrected chi connectivity index (χ0v) is 10.4. The molecule has 0 saturated heterocycles. The van der Waals surface area contributed by atoms with E-state index in [-0.39, 0.29) is 18.1 Å². The predicted octanol–water partition coefficient (Wildman–Crippen LogP) is 2.34. The lowest BCUT2D eigenvalue weighted by Gasteiger charge is -2.11. The van der Waals surface area contributed by atoms with Crippen molar-refractivity contribution in [3.05, 3.63) is 59.4 Å². The first-order valence-electron chi connectivity index (χ1n) is 5.82. The molecule has 0 amide bonds. The molecule has 0 fully saturated rings. The molecule has 4 nitrogen and oxygen atoms in total. The molecule has 0 radical (unpaired) electrons. The van der Waals surface area contributed by atoms with Crippen LogP contribution in [0.3, 0.4) is 0 Å². The van der Waals surface area contributed by atoms with Crippen LogP contribution in [0.5, 0.6) is 0 Å². The van der Waals surface area contributed by atoms with Crippen molar-refractivity contribution >= 4 is 5.97 Å². The van der Waals surface area contributed by atoms with E-state index in [0.717, 1.165) is 11.1 Å². The molecule has 1 heterocycles. The van der Waals surface area contributed by atoms with Gasteiger partial charge in [0.1, 0.15) is 17.6 Å². The molecule has 0 bridgehead atoms. The zero-order valence-electron chi connectivity index (χ0n) is 10.4. The fourth-order valence-corrected chi connectivity index (χ4v) is 1.73. The number of rotatable bonds is 4. The minimum absolute atomic E-state index is 0.235. The molecule has 0 aliphatic heterocycles. The summed E-state index contributed by atoms with van der Waals surface area (Å²) in [5, 5.41) is 9.26. The summed E-state index contributed by atoms with van der Waals surface area (Å²) >= 11 is 0. The first kappa shape index (κ1) is 13.1. The quantitative estimate of drug-likeness (QED) is 0.916. The number of carbonyl (C=O) groups is 1. The summed E-state index contributed by atoms with van der Waals surface area (Å²) in [6, 6.07) is 5.76. The van der Waals surface area contributed by atoms with Gasteiger partial charge in [0.2, 0.25) is 0 Å². The number of aryl methyl sites for hydroxylation is 1. The SMILES string of the molecule is Cc1cnc(C(Cc2ccc(F)cc2)C(=O)O)nc1. The molecule has 1 atom stereocenters. The van der Waals surface area contributed by atoms with Gasteiger partial charge in [0, 0.05) is 12.4 Å². The van der Waals surface area contributed by atoms with Crippen LogP contribution < -0.4 is 0 Å². The van der Waals surface area contributed by atoms with Crippen molar-refractivity contribution < 1.29 is 14.3 Å². The maximum absolute atomic E-state index is 12.8. The van der Waals surface area contributed by atoms with Crippen LogP contribution in [-0.4, -0.2) is 21.0 Å². The second-order valence-electron chi connectivity index (χ2n) is 4.34. The summed E-state index contributed by atoms with van der Waals surface area (Å²) in [7, 11) is 0. The minimum atomic E-state index is -0.992. The Morgan fingerprint density at radius 1 is 1.26 bits per heavy atom. The monoisotopic (exact) mass is 260 g/mol. The number of carboxylic acids is 1. The molecular weight excluding hydrogens is 247 g/mol. The standard InChI is InChI=1S/C14H13FN2O2/c1-9-7-16-13(17-8-9)12(14(18)19)6-10-2-4-11(15)5-3-10/h2-5,7-8,12H,6H2,1H3,(H,18,19). The second-order valence-corrected chi connectivity index (χ2v) is 4.34. The number of aromatic nitrogens is 2. The smallest absolute Gasteiger partial charge is 0.314 e.